The number of halogens is 1. The molecule has 0 saturated heterocycles. The lowest BCUT2D eigenvalue weighted by molar-refractivity contribution is 0.182. The van der Waals surface area contributed by atoms with Gasteiger partial charge < -0.3 is 11.1 Å². The summed E-state index contributed by atoms with van der Waals surface area (Å²) in [6.07, 6.45) is 4.42. The zero-order valence-electron chi connectivity index (χ0n) is 11.3. The molecule has 1 aromatic rings. The van der Waals surface area contributed by atoms with Crippen LogP contribution in [-0.2, 0) is 0 Å². The predicted octanol–water partition coefficient (Wildman–Crippen LogP) is 3.54. The van der Waals surface area contributed by atoms with Crippen LogP contribution in [0.15, 0.2) is 24.3 Å². The van der Waals surface area contributed by atoms with Gasteiger partial charge in [-0.2, -0.15) is 0 Å². The van der Waals surface area contributed by atoms with Crippen molar-refractivity contribution in [3.63, 3.8) is 0 Å². The second kappa shape index (κ2) is 4.88. The summed E-state index contributed by atoms with van der Waals surface area (Å²) in [5.74, 6) is -0.205. The molecule has 0 aliphatic heterocycles. The van der Waals surface area contributed by atoms with Crippen LogP contribution in [0.3, 0.4) is 0 Å². The van der Waals surface area contributed by atoms with E-state index in [1.807, 2.05) is 6.07 Å². The molecule has 100 valence electrons. The lowest BCUT2D eigenvalue weighted by Crippen LogP contribution is -2.49. The Morgan fingerprint density at radius 3 is 2.44 bits per heavy atom. The van der Waals surface area contributed by atoms with Crippen LogP contribution < -0.4 is 11.1 Å². The highest BCUT2D eigenvalue weighted by Crippen LogP contribution is 2.41. The van der Waals surface area contributed by atoms with Crippen molar-refractivity contribution in [3.05, 3.63) is 30.1 Å². The average molecular weight is 250 g/mol. The van der Waals surface area contributed by atoms with Gasteiger partial charge in [-0.1, -0.05) is 19.9 Å². The summed E-state index contributed by atoms with van der Waals surface area (Å²) in [5, 5.41) is 3.46. The number of anilines is 1. The van der Waals surface area contributed by atoms with Crippen LogP contribution in [0.5, 0.6) is 0 Å². The van der Waals surface area contributed by atoms with Crippen LogP contribution in [0.4, 0.5) is 10.1 Å². The van der Waals surface area contributed by atoms with Gasteiger partial charge in [0.15, 0.2) is 0 Å². The fraction of sp³-hybridized carbons (Fsp3) is 0.600. The van der Waals surface area contributed by atoms with Gasteiger partial charge in [0.05, 0.1) is 0 Å². The van der Waals surface area contributed by atoms with Crippen LogP contribution in [-0.4, -0.2) is 12.1 Å². The summed E-state index contributed by atoms with van der Waals surface area (Å²) in [6, 6.07) is 6.64. The molecule has 0 spiro atoms. The first-order valence-corrected chi connectivity index (χ1v) is 6.69. The van der Waals surface area contributed by atoms with E-state index in [0.29, 0.717) is 12.0 Å². The molecule has 2 rings (SSSR count). The van der Waals surface area contributed by atoms with Crippen LogP contribution >= 0.6 is 0 Å². The van der Waals surface area contributed by atoms with Gasteiger partial charge in [0.2, 0.25) is 0 Å². The van der Waals surface area contributed by atoms with Gasteiger partial charge >= 0.3 is 0 Å². The molecule has 0 unspecified atom stereocenters. The van der Waals surface area contributed by atoms with Crippen molar-refractivity contribution in [2.24, 2.45) is 11.1 Å². The van der Waals surface area contributed by atoms with Gasteiger partial charge in [-0.05, 0) is 49.3 Å². The van der Waals surface area contributed by atoms with Crippen LogP contribution in [0.2, 0.25) is 0 Å². The van der Waals surface area contributed by atoms with Gasteiger partial charge in [0, 0.05) is 17.8 Å². The summed E-state index contributed by atoms with van der Waals surface area (Å²) in [6.45, 7) is 5.20. The zero-order chi connectivity index (χ0) is 13.2. The van der Waals surface area contributed by atoms with Crippen molar-refractivity contribution in [1.29, 1.82) is 0 Å². The first-order valence-electron chi connectivity index (χ1n) is 6.69. The number of hydrogen-bond donors (Lipinski definition) is 2. The normalized spacial score (nSPS) is 21.6. The second-order valence-corrected chi connectivity index (χ2v) is 6.28. The number of benzene rings is 1. The average Bonchev–Trinajstić information content (AvgIpc) is 2.33. The predicted molar refractivity (Wildman–Crippen MR) is 74.1 cm³/mol. The van der Waals surface area contributed by atoms with E-state index in [1.54, 1.807) is 6.07 Å². The molecule has 2 nitrogen and oxygen atoms in total. The minimum Gasteiger partial charge on any atom is -0.378 e. The SMILES string of the molecule is CC1(C)CCC(CN)(Nc2cccc(F)c2)CC1. The van der Waals surface area contributed by atoms with Crippen molar-refractivity contribution in [1.82, 2.24) is 0 Å². The molecule has 0 heterocycles. The van der Waals surface area contributed by atoms with E-state index in [9.17, 15) is 4.39 Å². The second-order valence-electron chi connectivity index (χ2n) is 6.28. The maximum atomic E-state index is 13.2. The smallest absolute Gasteiger partial charge is 0.125 e. The Balaban J connectivity index is 2.10. The molecule has 0 atom stereocenters. The van der Waals surface area contributed by atoms with E-state index in [1.165, 1.54) is 12.1 Å². The van der Waals surface area contributed by atoms with Gasteiger partial charge in [-0.25, -0.2) is 4.39 Å². The maximum Gasteiger partial charge on any atom is 0.125 e. The quantitative estimate of drug-likeness (QED) is 0.861. The highest BCUT2D eigenvalue weighted by molar-refractivity contribution is 5.46. The van der Waals surface area contributed by atoms with Gasteiger partial charge in [-0.3, -0.25) is 0 Å². The molecular weight excluding hydrogens is 227 g/mol. The zero-order valence-corrected chi connectivity index (χ0v) is 11.3. The molecule has 1 saturated carbocycles. The highest BCUT2D eigenvalue weighted by Gasteiger charge is 2.37. The Kier molecular flexibility index (Phi) is 3.62. The van der Waals surface area contributed by atoms with Crippen molar-refractivity contribution in [2.75, 3.05) is 11.9 Å². The Morgan fingerprint density at radius 2 is 1.89 bits per heavy atom. The first kappa shape index (κ1) is 13.3. The minimum absolute atomic E-state index is 0.0662. The Labute approximate surface area is 109 Å². The molecule has 1 aliphatic rings. The Bertz CT molecular complexity index is 405. The maximum absolute atomic E-state index is 13.2. The molecule has 0 bridgehead atoms. The Morgan fingerprint density at radius 1 is 1.22 bits per heavy atom. The summed E-state index contributed by atoms with van der Waals surface area (Å²) < 4.78 is 13.2. The summed E-state index contributed by atoms with van der Waals surface area (Å²) >= 11 is 0. The van der Waals surface area contributed by atoms with Crippen molar-refractivity contribution in [2.45, 2.75) is 45.1 Å². The minimum atomic E-state index is -0.205. The standard InChI is InChI=1S/C15H23FN2/c1-14(2)6-8-15(11-17,9-7-14)18-13-5-3-4-12(16)10-13/h3-5,10,18H,6-9,11,17H2,1-2H3. The monoisotopic (exact) mass is 250 g/mol. The number of nitrogens with one attached hydrogen (secondary N) is 1. The van der Waals surface area contributed by atoms with Crippen LogP contribution in [0, 0.1) is 11.2 Å². The molecule has 1 aliphatic carbocycles. The topological polar surface area (TPSA) is 38.0 Å². The summed E-state index contributed by atoms with van der Waals surface area (Å²) in [4.78, 5) is 0. The molecule has 0 aromatic heterocycles. The fourth-order valence-electron chi connectivity index (χ4n) is 2.66. The van der Waals surface area contributed by atoms with E-state index in [0.717, 1.165) is 31.4 Å². The van der Waals surface area contributed by atoms with E-state index < -0.39 is 0 Å². The van der Waals surface area contributed by atoms with Crippen LogP contribution in [0.25, 0.3) is 0 Å². The first-order chi connectivity index (χ1) is 8.45. The number of hydrogen-bond acceptors (Lipinski definition) is 2. The largest absolute Gasteiger partial charge is 0.378 e. The molecule has 0 amide bonds. The molecule has 1 aromatic carbocycles. The van der Waals surface area contributed by atoms with Crippen molar-refractivity contribution in [3.8, 4) is 0 Å². The van der Waals surface area contributed by atoms with E-state index in [4.69, 9.17) is 5.73 Å². The van der Waals surface area contributed by atoms with Crippen LogP contribution in [0.1, 0.15) is 39.5 Å². The molecule has 1 fully saturated rings. The Hall–Kier alpha value is -1.09. The van der Waals surface area contributed by atoms with E-state index in [-0.39, 0.29) is 11.4 Å². The van der Waals surface area contributed by atoms with E-state index >= 15 is 0 Å². The molecule has 3 N–H and O–H groups in total. The molecule has 0 radical (unpaired) electrons. The highest BCUT2D eigenvalue weighted by atomic mass is 19.1. The molecule has 18 heavy (non-hydrogen) atoms. The number of rotatable bonds is 3. The third-order valence-electron chi connectivity index (χ3n) is 4.19. The van der Waals surface area contributed by atoms with Crippen molar-refractivity contribution < 1.29 is 4.39 Å². The van der Waals surface area contributed by atoms with Gasteiger partial charge in [0.25, 0.3) is 0 Å². The number of nitrogens with two attached hydrogens (primary N) is 1. The lowest BCUT2D eigenvalue weighted by atomic mass is 9.69. The molecule has 3 heteroatoms. The van der Waals surface area contributed by atoms with E-state index in [2.05, 4.69) is 19.2 Å². The summed E-state index contributed by atoms with van der Waals surface area (Å²) in [5.41, 5.74) is 7.13. The third kappa shape index (κ3) is 3.02. The fourth-order valence-corrected chi connectivity index (χ4v) is 2.66. The van der Waals surface area contributed by atoms with Gasteiger partial charge in [-0.15, -0.1) is 0 Å². The lowest BCUT2D eigenvalue weighted by Gasteiger charge is -2.44. The molecular formula is C15H23FN2. The van der Waals surface area contributed by atoms with Gasteiger partial charge in [0.1, 0.15) is 5.82 Å². The van der Waals surface area contributed by atoms with Crippen molar-refractivity contribution >= 4 is 5.69 Å². The summed E-state index contributed by atoms with van der Waals surface area (Å²) in [7, 11) is 0. The third-order valence-corrected chi connectivity index (χ3v) is 4.19.